The highest BCUT2D eigenvalue weighted by atomic mass is 15.3. The van der Waals surface area contributed by atoms with Crippen LogP contribution in [0.2, 0.25) is 0 Å². The monoisotopic (exact) mass is 254 g/mol. The van der Waals surface area contributed by atoms with Crippen molar-refractivity contribution >= 4 is 17.3 Å². The number of hydrazine groups is 1. The summed E-state index contributed by atoms with van der Waals surface area (Å²) >= 11 is 0. The number of aryl methyl sites for hydroxylation is 1. The van der Waals surface area contributed by atoms with E-state index in [0.29, 0.717) is 23.0 Å². The van der Waals surface area contributed by atoms with E-state index in [0.717, 1.165) is 5.69 Å². The van der Waals surface area contributed by atoms with E-state index in [4.69, 9.17) is 11.1 Å². The predicted octanol–water partition coefficient (Wildman–Crippen LogP) is 1.71. The summed E-state index contributed by atoms with van der Waals surface area (Å²) < 4.78 is 0. The van der Waals surface area contributed by atoms with Crippen molar-refractivity contribution in [1.29, 1.82) is 5.26 Å². The lowest BCUT2D eigenvalue weighted by Crippen LogP contribution is -2.15. The molecule has 19 heavy (non-hydrogen) atoms. The Morgan fingerprint density at radius 1 is 1.32 bits per heavy atom. The van der Waals surface area contributed by atoms with Gasteiger partial charge < -0.3 is 10.3 Å². The van der Waals surface area contributed by atoms with Crippen LogP contribution in [-0.2, 0) is 0 Å². The minimum Gasteiger partial charge on any atom is -0.329 e. The molecule has 1 aromatic heterocycles. The molecule has 0 unspecified atom stereocenters. The van der Waals surface area contributed by atoms with Crippen molar-refractivity contribution in [1.82, 2.24) is 9.97 Å². The van der Waals surface area contributed by atoms with Crippen molar-refractivity contribution in [3.05, 3.63) is 41.7 Å². The van der Waals surface area contributed by atoms with Crippen molar-refractivity contribution < 1.29 is 0 Å². The molecule has 3 N–H and O–H groups in total. The number of nitriles is 1. The van der Waals surface area contributed by atoms with Gasteiger partial charge in [0.25, 0.3) is 0 Å². The van der Waals surface area contributed by atoms with Crippen LogP contribution in [0.4, 0.5) is 17.3 Å². The minimum absolute atomic E-state index is 0.547. The molecule has 1 heterocycles. The fraction of sp³-hybridized carbons (Fsp3) is 0.154. The molecule has 0 fully saturated rings. The highest BCUT2D eigenvalue weighted by Gasteiger charge is 2.08. The topological polar surface area (TPSA) is 90.9 Å². The number of rotatable bonds is 3. The minimum atomic E-state index is 0.547. The number of hydrogen-bond donors (Lipinski definition) is 2. The molecule has 0 saturated heterocycles. The average Bonchev–Trinajstić information content (AvgIpc) is 2.45. The Bertz CT molecular complexity index is 631. The lowest BCUT2D eigenvalue weighted by Gasteiger charge is -2.19. The van der Waals surface area contributed by atoms with Crippen LogP contribution in [0, 0.1) is 18.3 Å². The molecule has 0 aliphatic carbocycles. The lowest BCUT2D eigenvalue weighted by atomic mass is 10.2. The van der Waals surface area contributed by atoms with Gasteiger partial charge in [-0.3, -0.25) is 0 Å². The molecule has 1 aromatic carbocycles. The summed E-state index contributed by atoms with van der Waals surface area (Å²) in [6.07, 6.45) is 0. The van der Waals surface area contributed by atoms with Gasteiger partial charge in [-0.1, -0.05) is 6.07 Å². The Morgan fingerprint density at radius 2 is 2.11 bits per heavy atom. The summed E-state index contributed by atoms with van der Waals surface area (Å²) in [5.41, 5.74) is 3.99. The van der Waals surface area contributed by atoms with Gasteiger partial charge in [-0.25, -0.2) is 15.8 Å². The zero-order chi connectivity index (χ0) is 13.8. The van der Waals surface area contributed by atoms with Crippen molar-refractivity contribution in [2.75, 3.05) is 17.4 Å². The third-order valence-corrected chi connectivity index (χ3v) is 2.68. The second-order valence-electron chi connectivity index (χ2n) is 4.02. The fourth-order valence-corrected chi connectivity index (χ4v) is 1.71. The van der Waals surface area contributed by atoms with Crippen LogP contribution in [0.3, 0.4) is 0 Å². The maximum absolute atomic E-state index is 8.92. The van der Waals surface area contributed by atoms with E-state index in [2.05, 4.69) is 21.5 Å². The SMILES string of the molecule is Cc1nc(NN)cc(N(C)c2cccc(C#N)c2)n1. The first-order valence-corrected chi connectivity index (χ1v) is 5.70. The molecule has 0 aliphatic rings. The third kappa shape index (κ3) is 2.78. The molecule has 0 aliphatic heterocycles. The summed E-state index contributed by atoms with van der Waals surface area (Å²) in [6, 6.07) is 11.2. The van der Waals surface area contributed by atoms with Gasteiger partial charge in [-0.15, -0.1) is 0 Å². The molecule has 2 aromatic rings. The van der Waals surface area contributed by atoms with E-state index >= 15 is 0 Å². The first kappa shape index (κ1) is 12.8. The molecule has 0 atom stereocenters. The van der Waals surface area contributed by atoms with Crippen LogP contribution in [-0.4, -0.2) is 17.0 Å². The molecule has 0 spiro atoms. The zero-order valence-corrected chi connectivity index (χ0v) is 10.8. The fourth-order valence-electron chi connectivity index (χ4n) is 1.71. The predicted molar refractivity (Wildman–Crippen MR) is 73.8 cm³/mol. The van der Waals surface area contributed by atoms with Crippen LogP contribution in [0.1, 0.15) is 11.4 Å². The molecule has 96 valence electrons. The molecule has 2 rings (SSSR count). The van der Waals surface area contributed by atoms with E-state index in [9.17, 15) is 0 Å². The van der Waals surface area contributed by atoms with Gasteiger partial charge >= 0.3 is 0 Å². The molecular formula is C13H14N6. The van der Waals surface area contributed by atoms with E-state index in [1.54, 1.807) is 25.1 Å². The molecule has 0 radical (unpaired) electrons. The summed E-state index contributed by atoms with van der Waals surface area (Å²) in [6.45, 7) is 1.80. The number of nitrogens with two attached hydrogens (primary N) is 1. The van der Waals surface area contributed by atoms with Gasteiger partial charge in [0.15, 0.2) is 0 Å². The summed E-state index contributed by atoms with van der Waals surface area (Å²) in [5, 5.41) is 8.92. The van der Waals surface area contributed by atoms with E-state index in [1.807, 2.05) is 24.1 Å². The summed E-state index contributed by atoms with van der Waals surface area (Å²) in [4.78, 5) is 10.4. The van der Waals surface area contributed by atoms with Gasteiger partial charge in [0, 0.05) is 18.8 Å². The molecule has 0 amide bonds. The highest BCUT2D eigenvalue weighted by Crippen LogP contribution is 2.23. The third-order valence-electron chi connectivity index (χ3n) is 2.68. The van der Waals surface area contributed by atoms with Crippen molar-refractivity contribution in [2.24, 2.45) is 5.84 Å². The van der Waals surface area contributed by atoms with Gasteiger partial charge in [0.2, 0.25) is 0 Å². The zero-order valence-electron chi connectivity index (χ0n) is 10.8. The molecule has 0 bridgehead atoms. The van der Waals surface area contributed by atoms with Crippen LogP contribution in [0.15, 0.2) is 30.3 Å². The summed E-state index contributed by atoms with van der Waals surface area (Å²) in [7, 11) is 1.87. The Morgan fingerprint density at radius 3 is 2.79 bits per heavy atom. The molecule has 6 nitrogen and oxygen atoms in total. The Kier molecular flexibility index (Phi) is 3.59. The Labute approximate surface area is 111 Å². The van der Waals surface area contributed by atoms with E-state index in [-0.39, 0.29) is 0 Å². The molecule has 0 saturated carbocycles. The normalized spacial score (nSPS) is 9.79. The standard InChI is InChI=1S/C13H14N6/c1-9-16-12(18-15)7-13(17-9)19(2)11-5-3-4-10(6-11)8-14/h3-7H,15H2,1-2H3,(H,16,17,18). The number of anilines is 3. The largest absolute Gasteiger partial charge is 0.329 e. The lowest BCUT2D eigenvalue weighted by molar-refractivity contribution is 1.01. The van der Waals surface area contributed by atoms with Crippen LogP contribution in [0.25, 0.3) is 0 Å². The van der Waals surface area contributed by atoms with Crippen molar-refractivity contribution in [3.8, 4) is 6.07 Å². The van der Waals surface area contributed by atoms with Crippen molar-refractivity contribution in [3.63, 3.8) is 0 Å². The second-order valence-corrected chi connectivity index (χ2v) is 4.02. The van der Waals surface area contributed by atoms with Gasteiger partial charge in [0.05, 0.1) is 11.6 Å². The highest BCUT2D eigenvalue weighted by molar-refractivity contribution is 5.63. The van der Waals surface area contributed by atoms with Crippen LogP contribution in [0.5, 0.6) is 0 Å². The van der Waals surface area contributed by atoms with Gasteiger partial charge in [-0.05, 0) is 25.1 Å². The Hall–Kier alpha value is -2.65. The number of hydrogen-bond acceptors (Lipinski definition) is 6. The van der Waals surface area contributed by atoms with Gasteiger partial charge in [0.1, 0.15) is 17.5 Å². The first-order valence-electron chi connectivity index (χ1n) is 5.70. The number of nitrogens with zero attached hydrogens (tertiary/aromatic N) is 4. The maximum Gasteiger partial charge on any atom is 0.145 e. The smallest absolute Gasteiger partial charge is 0.145 e. The van der Waals surface area contributed by atoms with Crippen LogP contribution < -0.4 is 16.2 Å². The van der Waals surface area contributed by atoms with E-state index in [1.165, 1.54) is 0 Å². The number of benzene rings is 1. The number of aromatic nitrogens is 2. The van der Waals surface area contributed by atoms with Gasteiger partial charge in [-0.2, -0.15) is 5.26 Å². The second kappa shape index (κ2) is 5.33. The molecule has 6 heteroatoms. The van der Waals surface area contributed by atoms with E-state index < -0.39 is 0 Å². The number of nitrogens with one attached hydrogen (secondary N) is 1. The summed E-state index contributed by atoms with van der Waals surface area (Å²) in [5.74, 6) is 7.24. The molecular weight excluding hydrogens is 240 g/mol. The first-order chi connectivity index (χ1) is 9.13. The van der Waals surface area contributed by atoms with Crippen molar-refractivity contribution in [2.45, 2.75) is 6.92 Å². The Balaban J connectivity index is 2.40. The van der Waals surface area contributed by atoms with Crippen LogP contribution >= 0.6 is 0 Å². The number of nitrogen functional groups attached to an aromatic ring is 1. The average molecular weight is 254 g/mol. The maximum atomic E-state index is 8.92. The quantitative estimate of drug-likeness (QED) is 0.640.